The SMILES string of the molecule is O=C(O)CC(F)(F)C1(O)OC(=O)CC1NC(=O)CCCCCN1C(=O)C=CC1=O. The quantitative estimate of drug-likeness (QED) is 0.249. The molecule has 0 spiro atoms. The van der Waals surface area contributed by atoms with E-state index in [1.165, 1.54) is 0 Å². The maximum absolute atomic E-state index is 14.1. The van der Waals surface area contributed by atoms with Crippen LogP contribution >= 0.6 is 0 Å². The van der Waals surface area contributed by atoms with Crippen molar-refractivity contribution in [3.05, 3.63) is 12.2 Å². The number of imide groups is 1. The normalized spacial score (nSPS) is 24.2. The second kappa shape index (κ2) is 8.64. The first-order chi connectivity index (χ1) is 13.5. The van der Waals surface area contributed by atoms with Crippen molar-refractivity contribution in [3.8, 4) is 0 Å². The predicted molar refractivity (Wildman–Crippen MR) is 89.1 cm³/mol. The predicted octanol–water partition coefficient (Wildman–Crippen LogP) is -0.298. The zero-order chi connectivity index (χ0) is 21.8. The summed E-state index contributed by atoms with van der Waals surface area (Å²) in [6.45, 7) is 0.179. The van der Waals surface area contributed by atoms with Gasteiger partial charge in [-0.05, 0) is 12.8 Å². The summed E-state index contributed by atoms with van der Waals surface area (Å²) in [6.07, 6.45) is 0.827. The van der Waals surface area contributed by atoms with Crippen molar-refractivity contribution >= 4 is 29.7 Å². The van der Waals surface area contributed by atoms with Crippen LogP contribution in [0.25, 0.3) is 0 Å². The molecule has 0 radical (unpaired) electrons. The Labute approximate surface area is 163 Å². The van der Waals surface area contributed by atoms with Crippen LogP contribution in [0.15, 0.2) is 12.2 Å². The first kappa shape index (κ1) is 22.4. The lowest BCUT2D eigenvalue weighted by Crippen LogP contribution is -2.61. The number of carbonyl (C=O) groups excluding carboxylic acids is 4. The topological polar surface area (TPSA) is 150 Å². The Balaban J connectivity index is 1.81. The van der Waals surface area contributed by atoms with Gasteiger partial charge in [0.15, 0.2) is 0 Å². The maximum Gasteiger partial charge on any atom is 0.324 e. The number of aliphatic hydroxyl groups is 1. The standard InChI is InChI=1S/C17H20F2N2O8/c18-16(19,9-14(25)26)17(28)10(8-15(27)29-17)20-11(22)4-2-1-3-7-21-12(23)5-6-13(21)24/h5-6,10,28H,1-4,7-9H2,(H,20,22)(H,25,26). The summed E-state index contributed by atoms with van der Waals surface area (Å²) in [5, 5.41) is 20.7. The monoisotopic (exact) mass is 418 g/mol. The van der Waals surface area contributed by atoms with Crippen LogP contribution in [0.4, 0.5) is 8.78 Å². The minimum absolute atomic E-state index is 0.134. The fourth-order valence-corrected chi connectivity index (χ4v) is 3.04. The molecular formula is C17H20F2N2O8. The number of rotatable bonds is 10. The lowest BCUT2D eigenvalue weighted by atomic mass is 9.97. The van der Waals surface area contributed by atoms with Gasteiger partial charge in [0.05, 0.1) is 6.42 Å². The van der Waals surface area contributed by atoms with E-state index in [2.05, 4.69) is 10.1 Å². The van der Waals surface area contributed by atoms with Gasteiger partial charge in [-0.2, -0.15) is 8.78 Å². The van der Waals surface area contributed by atoms with Gasteiger partial charge in [0.25, 0.3) is 17.6 Å². The third-order valence-electron chi connectivity index (χ3n) is 4.53. The molecule has 1 fully saturated rings. The second-order valence-electron chi connectivity index (χ2n) is 6.74. The van der Waals surface area contributed by atoms with E-state index >= 15 is 0 Å². The number of carboxylic acids is 1. The molecule has 2 aliphatic heterocycles. The molecule has 29 heavy (non-hydrogen) atoms. The van der Waals surface area contributed by atoms with E-state index in [4.69, 9.17) is 5.11 Å². The van der Waals surface area contributed by atoms with E-state index in [0.717, 1.165) is 17.1 Å². The second-order valence-corrected chi connectivity index (χ2v) is 6.74. The van der Waals surface area contributed by atoms with Gasteiger partial charge < -0.3 is 20.3 Å². The number of unbranched alkanes of at least 4 members (excludes halogenated alkanes) is 2. The van der Waals surface area contributed by atoms with Gasteiger partial charge in [0.1, 0.15) is 12.5 Å². The van der Waals surface area contributed by atoms with Crippen molar-refractivity contribution in [2.75, 3.05) is 6.54 Å². The summed E-state index contributed by atoms with van der Waals surface area (Å²) in [7, 11) is 0. The van der Waals surface area contributed by atoms with Crippen LogP contribution in [0.5, 0.6) is 0 Å². The van der Waals surface area contributed by atoms with Gasteiger partial charge in [-0.15, -0.1) is 0 Å². The van der Waals surface area contributed by atoms with Crippen LogP contribution in [0.3, 0.4) is 0 Å². The number of amides is 3. The number of alkyl halides is 2. The van der Waals surface area contributed by atoms with Crippen molar-refractivity contribution in [2.24, 2.45) is 0 Å². The highest BCUT2D eigenvalue weighted by Gasteiger charge is 2.66. The van der Waals surface area contributed by atoms with Gasteiger partial charge in [0, 0.05) is 25.1 Å². The molecule has 2 aliphatic rings. The van der Waals surface area contributed by atoms with Crippen LogP contribution in [0.2, 0.25) is 0 Å². The molecule has 12 heteroatoms. The first-order valence-electron chi connectivity index (χ1n) is 8.83. The molecule has 0 aromatic heterocycles. The van der Waals surface area contributed by atoms with Crippen molar-refractivity contribution in [1.82, 2.24) is 10.2 Å². The number of hydrogen-bond acceptors (Lipinski definition) is 7. The smallest absolute Gasteiger partial charge is 0.324 e. The van der Waals surface area contributed by atoms with Crippen LogP contribution in [0, 0.1) is 0 Å². The number of aliphatic carboxylic acids is 1. The molecule has 2 atom stereocenters. The largest absolute Gasteiger partial charge is 0.481 e. The molecule has 0 aromatic rings. The Morgan fingerprint density at radius 3 is 2.41 bits per heavy atom. The number of carboxylic acid groups (broad SMARTS) is 1. The van der Waals surface area contributed by atoms with Crippen LogP contribution in [-0.2, 0) is 28.7 Å². The number of ether oxygens (including phenoxy) is 1. The highest BCUT2D eigenvalue weighted by molar-refractivity contribution is 6.12. The molecule has 0 aromatic carbocycles. The van der Waals surface area contributed by atoms with Crippen molar-refractivity contribution < 1.29 is 47.7 Å². The van der Waals surface area contributed by atoms with Crippen LogP contribution in [-0.4, -0.2) is 69.1 Å². The van der Waals surface area contributed by atoms with E-state index in [0.29, 0.717) is 19.3 Å². The minimum atomic E-state index is -4.31. The fraction of sp³-hybridized carbons (Fsp3) is 0.588. The van der Waals surface area contributed by atoms with Gasteiger partial charge in [-0.25, -0.2) is 0 Å². The molecule has 0 saturated carbocycles. The van der Waals surface area contributed by atoms with E-state index < -0.39 is 60.3 Å². The Kier molecular flexibility index (Phi) is 6.67. The molecular weight excluding hydrogens is 398 g/mol. The van der Waals surface area contributed by atoms with Gasteiger partial charge in [-0.3, -0.25) is 28.9 Å². The van der Waals surface area contributed by atoms with Crippen LogP contribution in [0.1, 0.15) is 38.5 Å². The summed E-state index contributed by atoms with van der Waals surface area (Å²) >= 11 is 0. The zero-order valence-electron chi connectivity index (χ0n) is 15.2. The Morgan fingerprint density at radius 2 is 1.83 bits per heavy atom. The molecule has 2 unspecified atom stereocenters. The number of nitrogens with zero attached hydrogens (tertiary/aromatic N) is 1. The average Bonchev–Trinajstić information content (AvgIpc) is 3.06. The van der Waals surface area contributed by atoms with E-state index in [-0.39, 0.29) is 13.0 Å². The number of carbonyl (C=O) groups is 5. The third-order valence-corrected chi connectivity index (χ3v) is 4.53. The van der Waals surface area contributed by atoms with Crippen molar-refractivity contribution in [3.63, 3.8) is 0 Å². The third kappa shape index (κ3) is 5.13. The van der Waals surface area contributed by atoms with Gasteiger partial charge >= 0.3 is 17.9 Å². The van der Waals surface area contributed by atoms with E-state index in [1.54, 1.807) is 0 Å². The molecule has 160 valence electrons. The number of cyclic esters (lactones) is 1. The summed E-state index contributed by atoms with van der Waals surface area (Å²) < 4.78 is 32.4. The Morgan fingerprint density at radius 1 is 1.21 bits per heavy atom. The zero-order valence-corrected chi connectivity index (χ0v) is 15.2. The van der Waals surface area contributed by atoms with Crippen LogP contribution < -0.4 is 5.32 Å². The van der Waals surface area contributed by atoms with Crippen molar-refractivity contribution in [2.45, 2.75) is 56.3 Å². The first-order valence-corrected chi connectivity index (χ1v) is 8.83. The molecule has 2 heterocycles. The average molecular weight is 418 g/mol. The highest BCUT2D eigenvalue weighted by atomic mass is 19.3. The molecule has 3 amide bonds. The summed E-state index contributed by atoms with van der Waals surface area (Å²) in [5.74, 6) is -12.5. The number of nitrogens with one attached hydrogen (secondary N) is 1. The summed E-state index contributed by atoms with van der Waals surface area (Å²) in [6, 6.07) is -1.80. The number of esters is 1. The highest BCUT2D eigenvalue weighted by Crippen LogP contribution is 2.41. The summed E-state index contributed by atoms with van der Waals surface area (Å²) in [5.41, 5.74) is 0. The van der Waals surface area contributed by atoms with Gasteiger partial charge in [-0.1, -0.05) is 6.42 Å². The van der Waals surface area contributed by atoms with Crippen molar-refractivity contribution in [1.29, 1.82) is 0 Å². The molecule has 3 N–H and O–H groups in total. The Bertz CT molecular complexity index is 736. The number of hydrogen-bond donors (Lipinski definition) is 3. The fourth-order valence-electron chi connectivity index (χ4n) is 3.04. The lowest BCUT2D eigenvalue weighted by Gasteiger charge is -2.34. The van der Waals surface area contributed by atoms with E-state index in [9.17, 15) is 37.9 Å². The lowest BCUT2D eigenvalue weighted by molar-refractivity contribution is -0.297. The minimum Gasteiger partial charge on any atom is -0.481 e. The molecule has 2 rings (SSSR count). The molecule has 10 nitrogen and oxygen atoms in total. The molecule has 1 saturated heterocycles. The van der Waals surface area contributed by atoms with Gasteiger partial charge in [0.2, 0.25) is 5.91 Å². The maximum atomic E-state index is 14.1. The van der Waals surface area contributed by atoms with E-state index in [1.807, 2.05) is 0 Å². The number of halogens is 2. The molecule has 0 aliphatic carbocycles. The molecule has 0 bridgehead atoms. The summed E-state index contributed by atoms with van der Waals surface area (Å²) in [4.78, 5) is 57.8. The Hall–Kier alpha value is -2.89.